The first kappa shape index (κ1) is 14.7. The summed E-state index contributed by atoms with van der Waals surface area (Å²) in [5, 5.41) is 0. The Bertz CT molecular complexity index is 371. The van der Waals surface area contributed by atoms with Crippen molar-refractivity contribution in [2.45, 2.75) is 46.1 Å². The molecule has 1 rings (SSSR count). The average Bonchev–Trinajstić information content (AvgIpc) is 2.21. The molecular weight excluding hydrogens is 281 g/mol. The first-order chi connectivity index (χ1) is 7.80. The highest BCUT2D eigenvalue weighted by Crippen LogP contribution is 2.23. The molecule has 0 aliphatic heterocycles. The fraction of sp³-hybridized carbons (Fsp3) is 0.571. The number of aryl methyl sites for hydroxylation is 1. The van der Waals surface area contributed by atoms with Crippen LogP contribution in [0, 0.1) is 11.2 Å². The Morgan fingerprint density at radius 3 is 2.59 bits per heavy atom. The van der Waals surface area contributed by atoms with Gasteiger partial charge < -0.3 is 5.73 Å². The Morgan fingerprint density at radius 2 is 2.00 bits per heavy atom. The smallest absolute Gasteiger partial charge is 0.126 e. The molecule has 0 heterocycles. The molecule has 0 aliphatic rings. The second kappa shape index (κ2) is 5.96. The molecule has 0 fully saturated rings. The highest BCUT2D eigenvalue weighted by Gasteiger charge is 2.19. The molecule has 0 saturated heterocycles. The van der Waals surface area contributed by atoms with E-state index in [1.54, 1.807) is 6.07 Å². The van der Waals surface area contributed by atoms with E-state index in [-0.39, 0.29) is 17.3 Å². The molecule has 0 aromatic heterocycles. The summed E-state index contributed by atoms with van der Waals surface area (Å²) in [5.41, 5.74) is 6.97. The molecule has 17 heavy (non-hydrogen) atoms. The van der Waals surface area contributed by atoms with E-state index in [9.17, 15) is 4.39 Å². The van der Waals surface area contributed by atoms with E-state index in [0.29, 0.717) is 0 Å². The molecule has 1 unspecified atom stereocenters. The van der Waals surface area contributed by atoms with Crippen LogP contribution in [0.1, 0.15) is 39.2 Å². The third-order valence-corrected chi connectivity index (χ3v) is 3.57. The van der Waals surface area contributed by atoms with Crippen LogP contribution >= 0.6 is 15.9 Å². The van der Waals surface area contributed by atoms with E-state index in [1.807, 2.05) is 6.07 Å². The molecule has 3 heteroatoms. The molecule has 1 aromatic carbocycles. The van der Waals surface area contributed by atoms with Gasteiger partial charge in [-0.3, -0.25) is 0 Å². The van der Waals surface area contributed by atoms with Crippen LogP contribution in [0.25, 0.3) is 0 Å². The van der Waals surface area contributed by atoms with Gasteiger partial charge in [-0.15, -0.1) is 0 Å². The topological polar surface area (TPSA) is 26.0 Å². The largest absolute Gasteiger partial charge is 0.327 e. The summed E-state index contributed by atoms with van der Waals surface area (Å²) < 4.78 is 14.4. The summed E-state index contributed by atoms with van der Waals surface area (Å²) in [6.45, 7) is 6.41. The van der Waals surface area contributed by atoms with E-state index in [4.69, 9.17) is 5.73 Å². The highest BCUT2D eigenvalue weighted by atomic mass is 79.9. The van der Waals surface area contributed by atoms with Crippen LogP contribution in [0.15, 0.2) is 22.7 Å². The van der Waals surface area contributed by atoms with Crippen molar-refractivity contribution < 1.29 is 4.39 Å². The Kier molecular flexibility index (Phi) is 5.14. The summed E-state index contributed by atoms with van der Waals surface area (Å²) in [6, 6.07) is 5.23. The van der Waals surface area contributed by atoms with Crippen molar-refractivity contribution in [3.05, 3.63) is 34.1 Å². The Morgan fingerprint density at radius 1 is 1.35 bits per heavy atom. The lowest BCUT2D eigenvalue weighted by Gasteiger charge is -2.27. The first-order valence-corrected chi connectivity index (χ1v) is 6.79. The standard InChI is InChI=1S/C14H21BrFN/c1-14(2,3)13(17)6-4-5-10-9-11(15)7-8-12(10)16/h7-9,13H,4-6,17H2,1-3H3. The van der Waals surface area contributed by atoms with E-state index in [1.165, 1.54) is 6.07 Å². The zero-order valence-corrected chi connectivity index (χ0v) is 12.3. The van der Waals surface area contributed by atoms with Crippen LogP contribution in [-0.2, 0) is 6.42 Å². The SMILES string of the molecule is CC(C)(C)C(N)CCCc1cc(Br)ccc1F. The summed E-state index contributed by atoms with van der Waals surface area (Å²) >= 11 is 3.36. The second-order valence-corrected chi connectivity index (χ2v) is 6.52. The van der Waals surface area contributed by atoms with Crippen molar-refractivity contribution in [1.29, 1.82) is 0 Å². The number of halogens is 2. The number of hydrogen-bond donors (Lipinski definition) is 1. The Balaban J connectivity index is 2.49. The molecule has 1 atom stereocenters. The summed E-state index contributed by atoms with van der Waals surface area (Å²) in [5.74, 6) is -0.127. The molecule has 0 amide bonds. The first-order valence-electron chi connectivity index (χ1n) is 6.00. The van der Waals surface area contributed by atoms with Crippen molar-refractivity contribution in [3.8, 4) is 0 Å². The number of nitrogens with two attached hydrogens (primary N) is 1. The third-order valence-electron chi connectivity index (χ3n) is 3.08. The van der Waals surface area contributed by atoms with Gasteiger partial charge in [-0.25, -0.2) is 4.39 Å². The van der Waals surface area contributed by atoms with Crippen molar-refractivity contribution >= 4 is 15.9 Å². The third kappa shape index (κ3) is 4.76. The van der Waals surface area contributed by atoms with E-state index in [0.717, 1.165) is 29.3 Å². The molecule has 0 spiro atoms. The average molecular weight is 302 g/mol. The van der Waals surface area contributed by atoms with Gasteiger partial charge in [-0.05, 0) is 48.4 Å². The molecule has 0 saturated carbocycles. The molecule has 1 nitrogen and oxygen atoms in total. The molecule has 0 radical (unpaired) electrons. The summed E-state index contributed by atoms with van der Waals surface area (Å²) in [7, 11) is 0. The molecule has 0 bridgehead atoms. The maximum Gasteiger partial charge on any atom is 0.126 e. The van der Waals surface area contributed by atoms with Crippen LogP contribution in [0.4, 0.5) is 4.39 Å². The lowest BCUT2D eigenvalue weighted by molar-refractivity contribution is 0.301. The maximum absolute atomic E-state index is 13.5. The van der Waals surface area contributed by atoms with Crippen LogP contribution < -0.4 is 5.73 Å². The number of rotatable bonds is 4. The van der Waals surface area contributed by atoms with E-state index in [2.05, 4.69) is 36.7 Å². The van der Waals surface area contributed by atoms with Gasteiger partial charge in [-0.2, -0.15) is 0 Å². The zero-order valence-electron chi connectivity index (χ0n) is 10.8. The lowest BCUT2D eigenvalue weighted by Crippen LogP contribution is -2.34. The fourth-order valence-electron chi connectivity index (χ4n) is 1.68. The second-order valence-electron chi connectivity index (χ2n) is 5.60. The highest BCUT2D eigenvalue weighted by molar-refractivity contribution is 9.10. The van der Waals surface area contributed by atoms with Crippen LogP contribution in [0.2, 0.25) is 0 Å². The van der Waals surface area contributed by atoms with Crippen molar-refractivity contribution in [2.24, 2.45) is 11.1 Å². The fourth-order valence-corrected chi connectivity index (χ4v) is 2.09. The Hall–Kier alpha value is -0.410. The number of benzene rings is 1. The quantitative estimate of drug-likeness (QED) is 0.882. The predicted octanol–water partition coefficient (Wildman–Crippen LogP) is 4.28. The van der Waals surface area contributed by atoms with Crippen LogP contribution in [0.3, 0.4) is 0 Å². The van der Waals surface area contributed by atoms with Gasteiger partial charge in [0.25, 0.3) is 0 Å². The Labute approximate surface area is 112 Å². The monoisotopic (exact) mass is 301 g/mol. The van der Waals surface area contributed by atoms with Crippen LogP contribution in [-0.4, -0.2) is 6.04 Å². The zero-order chi connectivity index (χ0) is 13.1. The number of hydrogen-bond acceptors (Lipinski definition) is 1. The van der Waals surface area contributed by atoms with Gasteiger partial charge in [0, 0.05) is 10.5 Å². The van der Waals surface area contributed by atoms with Crippen molar-refractivity contribution in [1.82, 2.24) is 0 Å². The lowest BCUT2D eigenvalue weighted by atomic mass is 9.84. The molecule has 0 aliphatic carbocycles. The minimum Gasteiger partial charge on any atom is -0.327 e. The minimum atomic E-state index is -0.127. The van der Waals surface area contributed by atoms with E-state index >= 15 is 0 Å². The van der Waals surface area contributed by atoms with Gasteiger partial charge >= 0.3 is 0 Å². The van der Waals surface area contributed by atoms with Crippen molar-refractivity contribution in [2.75, 3.05) is 0 Å². The molecular formula is C14H21BrFN. The maximum atomic E-state index is 13.5. The van der Waals surface area contributed by atoms with Gasteiger partial charge in [-0.1, -0.05) is 36.7 Å². The van der Waals surface area contributed by atoms with Gasteiger partial charge in [0.1, 0.15) is 5.82 Å². The minimum absolute atomic E-state index is 0.121. The normalized spacial score (nSPS) is 13.8. The van der Waals surface area contributed by atoms with Gasteiger partial charge in [0.2, 0.25) is 0 Å². The molecule has 96 valence electrons. The summed E-state index contributed by atoms with van der Waals surface area (Å²) in [4.78, 5) is 0. The van der Waals surface area contributed by atoms with Crippen molar-refractivity contribution in [3.63, 3.8) is 0 Å². The summed E-state index contributed by atoms with van der Waals surface area (Å²) in [6.07, 6.45) is 2.59. The van der Waals surface area contributed by atoms with E-state index < -0.39 is 0 Å². The molecule has 2 N–H and O–H groups in total. The van der Waals surface area contributed by atoms with Gasteiger partial charge in [0.05, 0.1) is 0 Å². The molecule has 1 aromatic rings. The predicted molar refractivity (Wildman–Crippen MR) is 74.5 cm³/mol. The van der Waals surface area contributed by atoms with Crippen LogP contribution in [0.5, 0.6) is 0 Å². The van der Waals surface area contributed by atoms with Gasteiger partial charge in [0.15, 0.2) is 0 Å².